The standard InChI is InChI=1S/C30H31N5O6S/c1-31-28(37)27(24-17-23(39-2)8-9-25(24)41-20-22-7-3-4-11-32-22)35(26(36)19-34-14-15-40-30(34)38)18-21-10-16-42-29(21)33-12-5-6-13-33/h3-13,16-17,27H,14-15,18-20H2,1-2H3,(H,31,37). The van der Waals surface area contributed by atoms with Crippen LogP contribution < -0.4 is 14.8 Å². The predicted molar refractivity (Wildman–Crippen MR) is 155 cm³/mol. The molecule has 1 aromatic carbocycles. The second kappa shape index (κ2) is 13.2. The summed E-state index contributed by atoms with van der Waals surface area (Å²) < 4.78 is 18.7. The number of carbonyl (C=O) groups excluding carboxylic acids is 3. The lowest BCUT2D eigenvalue weighted by Crippen LogP contribution is -2.46. The van der Waals surface area contributed by atoms with Crippen molar-refractivity contribution in [3.63, 3.8) is 0 Å². The van der Waals surface area contributed by atoms with Gasteiger partial charge in [0.15, 0.2) is 0 Å². The average Bonchev–Trinajstić information content (AvgIpc) is 3.79. The number of benzene rings is 1. The fraction of sp³-hybridized carbons (Fsp3) is 0.267. The van der Waals surface area contributed by atoms with Crippen molar-refractivity contribution in [1.82, 2.24) is 24.7 Å². The Bertz CT molecular complexity index is 1520. The van der Waals surface area contributed by atoms with E-state index in [1.807, 2.05) is 58.7 Å². The van der Waals surface area contributed by atoms with Crippen LogP contribution in [-0.2, 0) is 27.5 Å². The lowest BCUT2D eigenvalue weighted by atomic mass is 10.0. The molecular weight excluding hydrogens is 558 g/mol. The molecule has 0 bridgehead atoms. The largest absolute Gasteiger partial charge is 0.497 e. The van der Waals surface area contributed by atoms with Crippen LogP contribution in [0.2, 0.25) is 0 Å². The molecule has 1 N–H and O–H groups in total. The third kappa shape index (κ3) is 6.39. The maximum absolute atomic E-state index is 14.1. The highest BCUT2D eigenvalue weighted by atomic mass is 32.1. The minimum Gasteiger partial charge on any atom is -0.497 e. The topological polar surface area (TPSA) is 115 Å². The van der Waals surface area contributed by atoms with Gasteiger partial charge in [-0.05, 0) is 53.9 Å². The van der Waals surface area contributed by atoms with E-state index < -0.39 is 23.9 Å². The van der Waals surface area contributed by atoms with Crippen LogP contribution in [0.15, 0.2) is 78.6 Å². The second-order valence-corrected chi connectivity index (χ2v) is 10.3. The number of pyridine rings is 1. The molecule has 42 heavy (non-hydrogen) atoms. The number of hydrogen-bond donors (Lipinski definition) is 1. The summed E-state index contributed by atoms with van der Waals surface area (Å²) in [7, 11) is 3.04. The molecule has 1 atom stereocenters. The number of likely N-dealkylation sites (N-methyl/N-ethyl adjacent to an activating group) is 1. The third-order valence-corrected chi connectivity index (χ3v) is 7.78. The fourth-order valence-electron chi connectivity index (χ4n) is 4.70. The van der Waals surface area contributed by atoms with Gasteiger partial charge in [-0.3, -0.25) is 19.5 Å². The Morgan fingerprint density at radius 2 is 2.00 bits per heavy atom. The van der Waals surface area contributed by atoms with Gasteiger partial charge < -0.3 is 29.0 Å². The number of cyclic esters (lactones) is 1. The second-order valence-electron chi connectivity index (χ2n) is 9.43. The molecule has 218 valence electrons. The van der Waals surface area contributed by atoms with E-state index >= 15 is 0 Å². The number of rotatable bonds is 12. The summed E-state index contributed by atoms with van der Waals surface area (Å²) in [5, 5.41) is 5.56. The van der Waals surface area contributed by atoms with Crippen molar-refractivity contribution >= 4 is 29.2 Å². The van der Waals surface area contributed by atoms with E-state index in [0.29, 0.717) is 22.8 Å². The Labute approximate surface area is 247 Å². The molecule has 0 spiro atoms. The summed E-state index contributed by atoms with van der Waals surface area (Å²) in [5.41, 5.74) is 1.96. The molecular formula is C30H31N5O6S. The molecule has 1 aliphatic heterocycles. The van der Waals surface area contributed by atoms with E-state index in [1.54, 1.807) is 24.4 Å². The van der Waals surface area contributed by atoms with E-state index in [-0.39, 0.29) is 32.8 Å². The zero-order chi connectivity index (χ0) is 29.5. The van der Waals surface area contributed by atoms with Crippen LogP contribution in [-0.4, -0.2) is 71.1 Å². The van der Waals surface area contributed by atoms with Gasteiger partial charge >= 0.3 is 6.09 Å². The van der Waals surface area contributed by atoms with E-state index in [0.717, 1.165) is 10.6 Å². The summed E-state index contributed by atoms with van der Waals surface area (Å²) in [6, 6.07) is 15.3. The molecule has 4 heterocycles. The van der Waals surface area contributed by atoms with Gasteiger partial charge in [0, 0.05) is 43.3 Å². The zero-order valence-electron chi connectivity index (χ0n) is 23.3. The van der Waals surface area contributed by atoms with Crippen molar-refractivity contribution in [2.75, 3.05) is 33.9 Å². The first-order valence-corrected chi connectivity index (χ1v) is 14.2. The number of nitrogens with one attached hydrogen (secondary N) is 1. The van der Waals surface area contributed by atoms with E-state index in [4.69, 9.17) is 14.2 Å². The Kier molecular flexibility index (Phi) is 9.02. The molecule has 3 amide bonds. The van der Waals surface area contributed by atoms with Crippen molar-refractivity contribution in [2.45, 2.75) is 19.2 Å². The number of thiophene rings is 1. The van der Waals surface area contributed by atoms with Crippen molar-refractivity contribution in [2.24, 2.45) is 0 Å². The molecule has 12 heteroatoms. The first-order valence-electron chi connectivity index (χ1n) is 13.3. The predicted octanol–water partition coefficient (Wildman–Crippen LogP) is 3.79. The number of amides is 3. The van der Waals surface area contributed by atoms with Crippen LogP contribution >= 0.6 is 11.3 Å². The maximum atomic E-state index is 14.1. The van der Waals surface area contributed by atoms with Crippen LogP contribution in [0.3, 0.4) is 0 Å². The van der Waals surface area contributed by atoms with Gasteiger partial charge in [-0.15, -0.1) is 11.3 Å². The van der Waals surface area contributed by atoms with Gasteiger partial charge in [-0.2, -0.15) is 0 Å². The number of hydrogen-bond acceptors (Lipinski definition) is 8. The van der Waals surface area contributed by atoms with Gasteiger partial charge in [-0.1, -0.05) is 6.07 Å². The number of ether oxygens (including phenoxy) is 3. The molecule has 1 aliphatic rings. The molecule has 0 saturated carbocycles. The minimum atomic E-state index is -1.12. The minimum absolute atomic E-state index is 0.0910. The molecule has 1 unspecified atom stereocenters. The quantitative estimate of drug-likeness (QED) is 0.267. The van der Waals surface area contributed by atoms with Crippen LogP contribution in [0.5, 0.6) is 11.5 Å². The highest BCUT2D eigenvalue weighted by molar-refractivity contribution is 7.12. The van der Waals surface area contributed by atoms with Crippen LogP contribution in [0.25, 0.3) is 5.00 Å². The zero-order valence-corrected chi connectivity index (χ0v) is 24.1. The smallest absolute Gasteiger partial charge is 0.410 e. The lowest BCUT2D eigenvalue weighted by molar-refractivity contribution is -0.141. The maximum Gasteiger partial charge on any atom is 0.410 e. The Morgan fingerprint density at radius 3 is 2.69 bits per heavy atom. The molecule has 0 radical (unpaired) electrons. The van der Waals surface area contributed by atoms with Crippen molar-refractivity contribution in [3.8, 4) is 16.5 Å². The molecule has 4 aromatic rings. The molecule has 1 saturated heterocycles. The summed E-state index contributed by atoms with van der Waals surface area (Å²) >= 11 is 1.52. The number of methoxy groups -OCH3 is 1. The summed E-state index contributed by atoms with van der Waals surface area (Å²) in [6.07, 6.45) is 4.95. The molecule has 1 fully saturated rings. The summed E-state index contributed by atoms with van der Waals surface area (Å²) in [6.45, 7) is 0.482. The Morgan fingerprint density at radius 1 is 1.17 bits per heavy atom. The third-order valence-electron chi connectivity index (χ3n) is 6.81. The fourth-order valence-corrected chi connectivity index (χ4v) is 5.58. The van der Waals surface area contributed by atoms with E-state index in [1.165, 1.54) is 35.3 Å². The number of carbonyl (C=O) groups is 3. The highest BCUT2D eigenvalue weighted by Crippen LogP contribution is 2.36. The normalized spacial score (nSPS) is 13.4. The Hall–Kier alpha value is -4.84. The van der Waals surface area contributed by atoms with Gasteiger partial charge in [0.25, 0.3) is 0 Å². The molecule has 0 aliphatic carbocycles. The average molecular weight is 590 g/mol. The monoisotopic (exact) mass is 589 g/mol. The lowest BCUT2D eigenvalue weighted by Gasteiger charge is -2.33. The van der Waals surface area contributed by atoms with E-state index in [9.17, 15) is 14.4 Å². The number of nitrogens with zero attached hydrogens (tertiary/aromatic N) is 4. The SMILES string of the molecule is CNC(=O)C(c1cc(OC)ccc1OCc1ccccn1)N(Cc1ccsc1-n1cccc1)C(=O)CN1CCOC1=O. The first-order chi connectivity index (χ1) is 20.5. The van der Waals surface area contributed by atoms with Gasteiger partial charge in [0.2, 0.25) is 11.8 Å². The van der Waals surface area contributed by atoms with Crippen LogP contribution in [0.1, 0.15) is 22.9 Å². The molecule has 5 rings (SSSR count). The Balaban J connectivity index is 1.57. The van der Waals surface area contributed by atoms with Crippen molar-refractivity contribution < 1.29 is 28.6 Å². The van der Waals surface area contributed by atoms with Crippen molar-refractivity contribution in [1.29, 1.82) is 0 Å². The first kappa shape index (κ1) is 28.7. The summed E-state index contributed by atoms with van der Waals surface area (Å²) in [4.78, 5) is 47.2. The number of aromatic nitrogens is 2. The van der Waals surface area contributed by atoms with Gasteiger partial charge in [0.05, 0.1) is 19.3 Å². The summed E-state index contributed by atoms with van der Waals surface area (Å²) in [5.74, 6) is 0.0270. The van der Waals surface area contributed by atoms with Gasteiger partial charge in [0.1, 0.15) is 42.3 Å². The molecule has 11 nitrogen and oxygen atoms in total. The van der Waals surface area contributed by atoms with Crippen LogP contribution in [0.4, 0.5) is 4.79 Å². The van der Waals surface area contributed by atoms with Gasteiger partial charge in [-0.25, -0.2) is 4.79 Å². The van der Waals surface area contributed by atoms with Crippen molar-refractivity contribution in [3.05, 3.63) is 95.4 Å². The highest BCUT2D eigenvalue weighted by Gasteiger charge is 2.36. The molecule has 3 aromatic heterocycles. The van der Waals surface area contributed by atoms with E-state index in [2.05, 4.69) is 10.3 Å². The van der Waals surface area contributed by atoms with Crippen LogP contribution in [0, 0.1) is 0 Å².